The molecule has 126 valence electrons. The van der Waals surface area contributed by atoms with Crippen molar-refractivity contribution in [1.29, 1.82) is 0 Å². The minimum atomic E-state index is -0.889. The van der Waals surface area contributed by atoms with Crippen LogP contribution in [0.2, 0.25) is 0 Å². The molecule has 2 aromatic rings. The van der Waals surface area contributed by atoms with Crippen LogP contribution in [0.25, 0.3) is 0 Å². The molecular weight excluding hydrogens is 324 g/mol. The average Bonchev–Trinajstić information content (AvgIpc) is 2.61. The van der Waals surface area contributed by atoms with E-state index in [0.717, 1.165) is 37.6 Å². The number of carboxylic acids is 1. The van der Waals surface area contributed by atoms with Crippen LogP contribution in [0.4, 0.5) is 5.82 Å². The smallest absolute Gasteiger partial charge is 0.321 e. The Morgan fingerprint density at radius 3 is 2.54 bits per heavy atom. The van der Waals surface area contributed by atoms with Crippen LogP contribution in [0.1, 0.15) is 10.8 Å². The second kappa shape index (κ2) is 7.63. The van der Waals surface area contributed by atoms with Gasteiger partial charge in [0.25, 0.3) is 0 Å². The molecule has 0 radical (unpaired) electrons. The molecule has 2 heterocycles. The first-order valence-corrected chi connectivity index (χ1v) is 8.72. The fourth-order valence-electron chi connectivity index (χ4n) is 2.59. The topological polar surface area (TPSA) is 69.6 Å². The van der Waals surface area contributed by atoms with Crippen LogP contribution >= 0.6 is 11.8 Å². The van der Waals surface area contributed by atoms with Gasteiger partial charge in [0, 0.05) is 32.4 Å². The van der Waals surface area contributed by atoms with Crippen LogP contribution in [-0.2, 0) is 4.79 Å². The summed E-state index contributed by atoms with van der Waals surface area (Å²) in [5.74, 6) is -0.0300. The lowest BCUT2D eigenvalue weighted by atomic mass is 10.1. The highest BCUT2D eigenvalue weighted by molar-refractivity contribution is 8.00. The number of benzene rings is 1. The molecule has 1 fully saturated rings. The standard InChI is InChI=1S/C17H20N4O2S/c1-20-9-11-21(12-10-20)14-7-8-18-17(19-14)24-15(16(22)23)13-5-3-2-4-6-13/h2-8,15H,9-12H2,1H3,(H,22,23). The second-order valence-electron chi connectivity index (χ2n) is 5.73. The van der Waals surface area contributed by atoms with E-state index in [9.17, 15) is 9.90 Å². The van der Waals surface area contributed by atoms with Gasteiger partial charge in [0.05, 0.1) is 0 Å². The molecular formula is C17H20N4O2S. The Balaban J connectivity index is 1.77. The summed E-state index contributed by atoms with van der Waals surface area (Å²) >= 11 is 1.17. The number of thioether (sulfide) groups is 1. The Morgan fingerprint density at radius 2 is 1.88 bits per heavy atom. The highest BCUT2D eigenvalue weighted by Crippen LogP contribution is 2.34. The zero-order valence-electron chi connectivity index (χ0n) is 13.5. The molecule has 1 atom stereocenters. The molecule has 6 nitrogen and oxygen atoms in total. The van der Waals surface area contributed by atoms with Gasteiger partial charge in [-0.25, -0.2) is 9.97 Å². The quantitative estimate of drug-likeness (QED) is 0.658. The fraction of sp³-hybridized carbons (Fsp3) is 0.353. The van der Waals surface area contributed by atoms with Gasteiger partial charge in [0.2, 0.25) is 0 Å². The van der Waals surface area contributed by atoms with Gasteiger partial charge in [-0.2, -0.15) is 0 Å². The van der Waals surface area contributed by atoms with Gasteiger partial charge in [0.1, 0.15) is 11.1 Å². The van der Waals surface area contributed by atoms with Crippen molar-refractivity contribution >= 4 is 23.5 Å². The minimum Gasteiger partial charge on any atom is -0.480 e. The van der Waals surface area contributed by atoms with Gasteiger partial charge in [-0.15, -0.1) is 0 Å². The molecule has 0 bridgehead atoms. The van der Waals surface area contributed by atoms with E-state index in [1.54, 1.807) is 6.20 Å². The third-order valence-electron chi connectivity index (χ3n) is 4.00. The molecule has 1 unspecified atom stereocenters. The van der Waals surface area contributed by atoms with Crippen molar-refractivity contribution in [3.05, 3.63) is 48.2 Å². The van der Waals surface area contributed by atoms with E-state index in [1.165, 1.54) is 11.8 Å². The number of rotatable bonds is 5. The third-order valence-corrected chi connectivity index (χ3v) is 5.11. The van der Waals surface area contributed by atoms with Crippen molar-refractivity contribution in [2.24, 2.45) is 0 Å². The van der Waals surface area contributed by atoms with Crippen LogP contribution < -0.4 is 4.90 Å². The predicted molar refractivity (Wildman–Crippen MR) is 94.4 cm³/mol. The largest absolute Gasteiger partial charge is 0.480 e. The van der Waals surface area contributed by atoms with Crippen molar-refractivity contribution in [3.8, 4) is 0 Å². The highest BCUT2D eigenvalue weighted by atomic mass is 32.2. The van der Waals surface area contributed by atoms with Crippen molar-refractivity contribution in [2.45, 2.75) is 10.4 Å². The molecule has 24 heavy (non-hydrogen) atoms. The lowest BCUT2D eigenvalue weighted by Gasteiger charge is -2.33. The van der Waals surface area contributed by atoms with Crippen molar-refractivity contribution in [1.82, 2.24) is 14.9 Å². The Morgan fingerprint density at radius 1 is 1.17 bits per heavy atom. The molecule has 1 aliphatic heterocycles. The molecule has 0 amide bonds. The summed E-state index contributed by atoms with van der Waals surface area (Å²) < 4.78 is 0. The first-order chi connectivity index (χ1) is 11.6. The third kappa shape index (κ3) is 4.04. The summed E-state index contributed by atoms with van der Waals surface area (Å²) in [7, 11) is 2.11. The molecule has 1 saturated heterocycles. The zero-order valence-corrected chi connectivity index (χ0v) is 14.3. The molecule has 1 aliphatic rings. The van der Waals surface area contributed by atoms with E-state index < -0.39 is 11.2 Å². The summed E-state index contributed by atoms with van der Waals surface area (Å²) in [4.78, 5) is 24.9. The number of aromatic nitrogens is 2. The monoisotopic (exact) mass is 344 g/mol. The Hall–Kier alpha value is -2.12. The van der Waals surface area contributed by atoms with Crippen LogP contribution in [0.3, 0.4) is 0 Å². The summed E-state index contributed by atoms with van der Waals surface area (Å²) in [6, 6.07) is 11.1. The highest BCUT2D eigenvalue weighted by Gasteiger charge is 2.23. The first kappa shape index (κ1) is 16.7. The number of nitrogens with zero attached hydrogens (tertiary/aromatic N) is 4. The number of carbonyl (C=O) groups is 1. The fourth-order valence-corrected chi connectivity index (χ4v) is 3.47. The van der Waals surface area contributed by atoms with Crippen LogP contribution in [-0.4, -0.2) is 59.2 Å². The van der Waals surface area contributed by atoms with Gasteiger partial charge in [-0.05, 0) is 18.7 Å². The SMILES string of the molecule is CN1CCN(c2ccnc(SC(C(=O)O)c3ccccc3)n2)CC1. The van der Waals surface area contributed by atoms with Crippen molar-refractivity contribution in [3.63, 3.8) is 0 Å². The number of hydrogen-bond acceptors (Lipinski definition) is 6. The van der Waals surface area contributed by atoms with Gasteiger partial charge < -0.3 is 14.9 Å². The number of carboxylic acid groups (broad SMARTS) is 1. The predicted octanol–water partition coefficient (Wildman–Crippen LogP) is 2.15. The van der Waals surface area contributed by atoms with Crippen molar-refractivity contribution in [2.75, 3.05) is 38.1 Å². The van der Waals surface area contributed by atoms with E-state index in [1.807, 2.05) is 36.4 Å². The Kier molecular flexibility index (Phi) is 5.32. The molecule has 0 spiro atoms. The summed E-state index contributed by atoms with van der Waals surface area (Å²) in [5.41, 5.74) is 0.739. The lowest BCUT2D eigenvalue weighted by Crippen LogP contribution is -2.44. The molecule has 7 heteroatoms. The Bertz CT molecular complexity index is 690. The Labute approximate surface area is 145 Å². The number of anilines is 1. The van der Waals surface area contributed by atoms with Gasteiger partial charge in [-0.1, -0.05) is 42.1 Å². The lowest BCUT2D eigenvalue weighted by molar-refractivity contribution is -0.136. The minimum absolute atomic E-state index is 0.489. The van der Waals surface area contributed by atoms with E-state index in [4.69, 9.17) is 0 Å². The van der Waals surface area contributed by atoms with Gasteiger partial charge in [-0.3, -0.25) is 4.79 Å². The maximum atomic E-state index is 11.6. The molecule has 1 aromatic heterocycles. The van der Waals surface area contributed by atoms with Gasteiger partial charge in [0.15, 0.2) is 5.16 Å². The molecule has 1 aromatic carbocycles. The molecule has 3 rings (SSSR count). The van der Waals surface area contributed by atoms with Gasteiger partial charge >= 0.3 is 5.97 Å². The van der Waals surface area contributed by atoms with E-state index >= 15 is 0 Å². The molecule has 0 saturated carbocycles. The first-order valence-electron chi connectivity index (χ1n) is 7.84. The normalized spacial score (nSPS) is 16.8. The van der Waals surface area contributed by atoms with E-state index in [0.29, 0.717) is 5.16 Å². The molecule has 0 aliphatic carbocycles. The number of hydrogen-bond donors (Lipinski definition) is 1. The maximum Gasteiger partial charge on any atom is 0.321 e. The zero-order chi connectivity index (χ0) is 16.9. The summed E-state index contributed by atoms with van der Waals surface area (Å²) in [6.45, 7) is 3.82. The summed E-state index contributed by atoms with van der Waals surface area (Å²) in [5, 5.41) is 9.32. The number of piperazine rings is 1. The number of aliphatic carboxylic acids is 1. The maximum absolute atomic E-state index is 11.6. The second-order valence-corrected chi connectivity index (χ2v) is 6.81. The van der Waals surface area contributed by atoms with Crippen LogP contribution in [0, 0.1) is 0 Å². The van der Waals surface area contributed by atoms with E-state index in [-0.39, 0.29) is 0 Å². The van der Waals surface area contributed by atoms with Crippen LogP contribution in [0.15, 0.2) is 47.8 Å². The van der Waals surface area contributed by atoms with Crippen LogP contribution in [0.5, 0.6) is 0 Å². The van der Waals surface area contributed by atoms with E-state index in [2.05, 4.69) is 26.8 Å². The summed E-state index contributed by atoms with van der Waals surface area (Å²) in [6.07, 6.45) is 1.70. The average molecular weight is 344 g/mol. The van der Waals surface area contributed by atoms with Crippen molar-refractivity contribution < 1.29 is 9.90 Å². The number of likely N-dealkylation sites (N-methyl/N-ethyl adjacent to an activating group) is 1. The molecule has 1 N–H and O–H groups in total.